The van der Waals surface area contributed by atoms with Gasteiger partial charge in [0.05, 0.1) is 49.5 Å². The predicted molar refractivity (Wildman–Crippen MR) is 148 cm³/mol. The molecule has 0 bridgehead atoms. The summed E-state index contributed by atoms with van der Waals surface area (Å²) in [6.07, 6.45) is 0.588. The molecule has 38 heavy (non-hydrogen) atoms. The van der Waals surface area contributed by atoms with Crippen LogP contribution in [-0.2, 0) is 28.5 Å². The van der Waals surface area contributed by atoms with Crippen molar-refractivity contribution in [3.05, 3.63) is 42.5 Å². The number of hydrogen-bond donors (Lipinski definition) is 0. The Labute approximate surface area is 227 Å². The largest absolute Gasteiger partial charge is 0.491 e. The monoisotopic (exact) mass is 566 g/mol. The molecule has 12 heteroatoms. The number of anilines is 1. The molecule has 10 nitrogen and oxygen atoms in total. The topological polar surface area (TPSA) is 113 Å². The minimum Gasteiger partial charge on any atom is -0.491 e. The third-order valence-corrected chi connectivity index (χ3v) is 6.58. The molecule has 2 aromatic carbocycles. The minimum absolute atomic E-state index is 0.0134. The maximum Gasteiger partial charge on any atom is 0.414 e. The van der Waals surface area contributed by atoms with E-state index >= 15 is 0 Å². The normalized spacial score (nSPS) is 12.0. The smallest absolute Gasteiger partial charge is 0.414 e. The number of ether oxygens (including phenoxy) is 4. The van der Waals surface area contributed by atoms with E-state index in [1.165, 1.54) is 4.90 Å². The van der Waals surface area contributed by atoms with Gasteiger partial charge in [0.2, 0.25) is 0 Å². The average molecular weight is 567 g/mol. The second-order valence-electron chi connectivity index (χ2n) is 9.33. The number of carbonyl (C=O) groups is 1. The zero-order valence-electron chi connectivity index (χ0n) is 22.3. The van der Waals surface area contributed by atoms with E-state index in [1.807, 2.05) is 63.2 Å². The highest BCUT2D eigenvalue weighted by molar-refractivity contribution is 7.85. The van der Waals surface area contributed by atoms with E-state index in [0.717, 1.165) is 38.5 Å². The van der Waals surface area contributed by atoms with E-state index < -0.39 is 21.8 Å². The zero-order chi connectivity index (χ0) is 27.8. The summed E-state index contributed by atoms with van der Waals surface area (Å²) in [4.78, 5) is 18.5. The van der Waals surface area contributed by atoms with Gasteiger partial charge in [0.1, 0.15) is 23.0 Å². The van der Waals surface area contributed by atoms with Crippen LogP contribution in [0.25, 0.3) is 20.8 Å². The molecular weight excluding hydrogens is 532 g/mol. The van der Waals surface area contributed by atoms with E-state index in [9.17, 15) is 13.2 Å². The second kappa shape index (κ2) is 13.3. The fourth-order valence-electron chi connectivity index (χ4n) is 3.17. The number of hydrogen-bond acceptors (Lipinski definition) is 10. The molecule has 208 valence electrons. The van der Waals surface area contributed by atoms with E-state index in [0.29, 0.717) is 26.4 Å². The number of benzene rings is 2. The standard InChI is InChI=1S/C26H34N2O8S2/c1-26(2,3)36-25(29)28(4)20-8-6-19(7-9-20)24-27-22-11-10-21(18-23(22)37-24)34-16-14-32-12-13-33-15-17-35-38(5,30)31/h6-11,18H,12-17H2,1-5H3. The quantitative estimate of drug-likeness (QED) is 0.214. The van der Waals surface area contributed by atoms with Crippen molar-refractivity contribution in [1.29, 1.82) is 0 Å². The number of carbonyl (C=O) groups excluding carboxylic acids is 1. The van der Waals surface area contributed by atoms with Crippen LogP contribution in [0.2, 0.25) is 0 Å². The maximum atomic E-state index is 12.3. The Bertz CT molecular complexity index is 1300. The maximum absolute atomic E-state index is 12.3. The summed E-state index contributed by atoms with van der Waals surface area (Å²) in [7, 11) is -1.76. The molecule has 3 aromatic rings. The van der Waals surface area contributed by atoms with Crippen molar-refractivity contribution in [3.8, 4) is 16.3 Å². The van der Waals surface area contributed by atoms with Crippen LogP contribution in [0.15, 0.2) is 42.5 Å². The van der Waals surface area contributed by atoms with E-state index in [1.54, 1.807) is 18.4 Å². The SMILES string of the molecule is CN(C(=O)OC(C)(C)C)c1ccc(-c2nc3ccc(OCCOCCOCCOS(C)(=O)=O)cc3s2)cc1. The first kappa shape index (κ1) is 29.8. The molecule has 1 amide bonds. The molecule has 0 N–H and O–H groups in total. The lowest BCUT2D eigenvalue weighted by Gasteiger charge is -2.24. The van der Waals surface area contributed by atoms with Crippen molar-refractivity contribution in [2.75, 3.05) is 57.8 Å². The molecule has 0 saturated heterocycles. The summed E-state index contributed by atoms with van der Waals surface area (Å²) in [6, 6.07) is 13.4. The molecule has 0 aliphatic heterocycles. The first-order valence-electron chi connectivity index (χ1n) is 12.0. The lowest BCUT2D eigenvalue weighted by molar-refractivity contribution is 0.0280. The van der Waals surface area contributed by atoms with Crippen LogP contribution in [0.4, 0.5) is 10.5 Å². The van der Waals surface area contributed by atoms with Gasteiger partial charge in [-0.05, 0) is 63.2 Å². The van der Waals surface area contributed by atoms with Gasteiger partial charge in [-0.25, -0.2) is 9.78 Å². The third kappa shape index (κ3) is 9.84. The van der Waals surface area contributed by atoms with Gasteiger partial charge in [-0.3, -0.25) is 9.08 Å². The molecule has 0 saturated carbocycles. The zero-order valence-corrected chi connectivity index (χ0v) is 23.9. The minimum atomic E-state index is -3.44. The fourth-order valence-corrected chi connectivity index (χ4v) is 4.54. The van der Waals surface area contributed by atoms with Gasteiger partial charge in [0, 0.05) is 18.3 Å². The first-order valence-corrected chi connectivity index (χ1v) is 14.6. The molecule has 0 aliphatic carbocycles. The Morgan fingerprint density at radius 3 is 2.21 bits per heavy atom. The van der Waals surface area contributed by atoms with Gasteiger partial charge in [-0.15, -0.1) is 11.3 Å². The molecule has 3 rings (SSSR count). The Kier molecular flexibility index (Phi) is 10.5. The molecule has 0 aliphatic rings. The van der Waals surface area contributed by atoms with Crippen molar-refractivity contribution in [2.45, 2.75) is 26.4 Å². The number of aromatic nitrogens is 1. The first-order chi connectivity index (χ1) is 17.9. The highest BCUT2D eigenvalue weighted by Gasteiger charge is 2.20. The van der Waals surface area contributed by atoms with Crippen molar-refractivity contribution < 1.29 is 36.3 Å². The Balaban J connectivity index is 1.45. The molecule has 0 unspecified atom stereocenters. The van der Waals surface area contributed by atoms with Crippen LogP contribution in [0.3, 0.4) is 0 Å². The van der Waals surface area contributed by atoms with E-state index in [2.05, 4.69) is 4.18 Å². The van der Waals surface area contributed by atoms with Crippen LogP contribution in [-0.4, -0.2) is 78.0 Å². The lowest BCUT2D eigenvalue weighted by Crippen LogP contribution is -2.34. The summed E-state index contributed by atoms with van der Waals surface area (Å²) in [6.45, 7) is 7.14. The van der Waals surface area contributed by atoms with Gasteiger partial charge < -0.3 is 18.9 Å². The van der Waals surface area contributed by atoms with Crippen LogP contribution in [0, 0.1) is 0 Å². The van der Waals surface area contributed by atoms with Crippen molar-refractivity contribution in [3.63, 3.8) is 0 Å². The fraction of sp³-hybridized carbons (Fsp3) is 0.462. The van der Waals surface area contributed by atoms with Gasteiger partial charge in [0.25, 0.3) is 10.1 Å². The molecule has 1 aromatic heterocycles. The molecule has 0 radical (unpaired) electrons. The molecule has 0 fully saturated rings. The summed E-state index contributed by atoms with van der Waals surface area (Å²) in [5.74, 6) is 0.722. The van der Waals surface area contributed by atoms with Gasteiger partial charge in [-0.2, -0.15) is 8.42 Å². The Morgan fingerprint density at radius 2 is 1.58 bits per heavy atom. The number of rotatable bonds is 13. The number of fused-ring (bicyclic) bond motifs is 1. The Hall–Kier alpha value is -2.77. The highest BCUT2D eigenvalue weighted by atomic mass is 32.2. The number of nitrogens with zero attached hydrogens (tertiary/aromatic N) is 2. The van der Waals surface area contributed by atoms with Gasteiger partial charge in [-0.1, -0.05) is 0 Å². The number of amides is 1. The highest BCUT2D eigenvalue weighted by Crippen LogP contribution is 2.33. The Morgan fingerprint density at radius 1 is 0.947 bits per heavy atom. The molecule has 1 heterocycles. The molecule has 0 atom stereocenters. The van der Waals surface area contributed by atoms with Crippen molar-refractivity contribution in [2.24, 2.45) is 0 Å². The second-order valence-corrected chi connectivity index (χ2v) is 12.0. The van der Waals surface area contributed by atoms with Gasteiger partial charge >= 0.3 is 6.09 Å². The molecule has 0 spiro atoms. The molecular formula is C26H34N2O8S2. The summed E-state index contributed by atoms with van der Waals surface area (Å²) in [5.41, 5.74) is 2.00. The van der Waals surface area contributed by atoms with Crippen LogP contribution < -0.4 is 9.64 Å². The van der Waals surface area contributed by atoms with Crippen molar-refractivity contribution in [1.82, 2.24) is 4.98 Å². The van der Waals surface area contributed by atoms with E-state index in [4.69, 9.17) is 23.9 Å². The summed E-state index contributed by atoms with van der Waals surface area (Å²) >= 11 is 1.56. The van der Waals surface area contributed by atoms with Crippen LogP contribution in [0.1, 0.15) is 20.8 Å². The lowest BCUT2D eigenvalue weighted by atomic mass is 10.2. The number of thiazole rings is 1. The van der Waals surface area contributed by atoms with Crippen LogP contribution >= 0.6 is 11.3 Å². The third-order valence-electron chi connectivity index (χ3n) is 4.92. The predicted octanol–water partition coefficient (Wildman–Crippen LogP) is 4.72. The average Bonchev–Trinajstić information content (AvgIpc) is 3.26. The van der Waals surface area contributed by atoms with Gasteiger partial charge in [0.15, 0.2) is 0 Å². The van der Waals surface area contributed by atoms with E-state index in [-0.39, 0.29) is 13.2 Å². The van der Waals surface area contributed by atoms with Crippen LogP contribution in [0.5, 0.6) is 5.75 Å². The summed E-state index contributed by atoms with van der Waals surface area (Å²) < 4.78 is 49.2. The summed E-state index contributed by atoms with van der Waals surface area (Å²) in [5, 5.41) is 0.869. The van der Waals surface area contributed by atoms with Crippen molar-refractivity contribution >= 4 is 43.5 Å².